The van der Waals surface area contributed by atoms with Gasteiger partial charge in [-0.2, -0.15) is 0 Å². The van der Waals surface area contributed by atoms with Crippen LogP contribution in [-0.2, 0) is 14.6 Å². The normalized spacial score (nSPS) is 19.5. The second-order valence-corrected chi connectivity index (χ2v) is 10.6. The van der Waals surface area contributed by atoms with E-state index in [1.165, 1.54) is 18.2 Å². The number of amides is 2. The van der Waals surface area contributed by atoms with Gasteiger partial charge in [0.1, 0.15) is 12.4 Å². The summed E-state index contributed by atoms with van der Waals surface area (Å²) in [7, 11) is -3.41. The van der Waals surface area contributed by atoms with Crippen molar-refractivity contribution in [3.63, 3.8) is 0 Å². The fourth-order valence-corrected chi connectivity index (χ4v) is 5.06. The Morgan fingerprint density at radius 2 is 1.85 bits per heavy atom. The van der Waals surface area contributed by atoms with Crippen molar-refractivity contribution >= 4 is 33.4 Å². The molecule has 0 N–H and O–H groups in total. The van der Waals surface area contributed by atoms with Crippen LogP contribution in [0.5, 0.6) is 5.75 Å². The molecule has 2 aliphatic rings. The number of likely N-dealkylation sites (tertiary alicyclic amines) is 1. The zero-order valence-corrected chi connectivity index (χ0v) is 19.7. The molecule has 2 saturated heterocycles. The first-order valence-electron chi connectivity index (χ1n) is 10.7. The minimum absolute atomic E-state index is 0.0219. The van der Waals surface area contributed by atoms with Crippen molar-refractivity contribution in [2.24, 2.45) is 0 Å². The van der Waals surface area contributed by atoms with Crippen LogP contribution in [0.3, 0.4) is 0 Å². The predicted molar refractivity (Wildman–Crippen MR) is 122 cm³/mol. The lowest BCUT2D eigenvalue weighted by atomic mass is 10.0. The Balaban J connectivity index is 1.31. The molecule has 2 heterocycles. The second-order valence-electron chi connectivity index (χ2n) is 8.22. The molecule has 33 heavy (non-hydrogen) atoms. The lowest BCUT2D eigenvalue weighted by Crippen LogP contribution is -2.47. The smallest absolute Gasteiger partial charge is 0.410 e. The summed E-state index contributed by atoms with van der Waals surface area (Å²) < 4.78 is 34.5. The van der Waals surface area contributed by atoms with Crippen molar-refractivity contribution in [3.8, 4) is 5.75 Å². The first kappa shape index (κ1) is 23.4. The number of carbonyl (C=O) groups is 2. The van der Waals surface area contributed by atoms with E-state index in [9.17, 15) is 18.0 Å². The van der Waals surface area contributed by atoms with Gasteiger partial charge >= 0.3 is 6.09 Å². The number of hydrogen-bond acceptors (Lipinski definition) is 6. The minimum Gasteiger partial charge on any atom is -0.490 e. The highest BCUT2D eigenvalue weighted by molar-refractivity contribution is 7.90. The number of piperidine rings is 1. The standard InChI is InChI=1S/C23H25ClN2O6S/c1-33(29,30)19-7-8-20(21(24)13-19)22(27)25-11-9-16(10-12-25)26-14-18(32-23(26)28)15-31-17-5-3-2-4-6-17/h2-8,13,16,18H,9-12,14-15H2,1H3. The number of benzene rings is 2. The Hall–Kier alpha value is -2.78. The molecule has 2 aromatic rings. The van der Waals surface area contributed by atoms with Gasteiger partial charge in [0.15, 0.2) is 15.9 Å². The molecule has 176 valence electrons. The van der Waals surface area contributed by atoms with Crippen molar-refractivity contribution in [1.82, 2.24) is 9.80 Å². The Labute approximate surface area is 197 Å². The van der Waals surface area contributed by atoms with E-state index in [2.05, 4.69) is 0 Å². The Kier molecular flexibility index (Phi) is 6.81. The summed E-state index contributed by atoms with van der Waals surface area (Å²) >= 11 is 6.20. The number of cyclic esters (lactones) is 1. The molecule has 2 aromatic carbocycles. The second kappa shape index (κ2) is 9.61. The first-order chi connectivity index (χ1) is 15.7. The predicted octanol–water partition coefficient (Wildman–Crippen LogP) is 3.25. The van der Waals surface area contributed by atoms with Gasteiger partial charge in [0.05, 0.1) is 22.0 Å². The minimum atomic E-state index is -3.41. The summed E-state index contributed by atoms with van der Waals surface area (Å²) in [5, 5.41) is 0.106. The summed E-state index contributed by atoms with van der Waals surface area (Å²) in [6, 6.07) is 13.5. The van der Waals surface area contributed by atoms with Crippen LogP contribution in [0.4, 0.5) is 4.79 Å². The highest BCUT2D eigenvalue weighted by Gasteiger charge is 2.38. The Bertz CT molecular complexity index is 1130. The van der Waals surface area contributed by atoms with Crippen LogP contribution in [0.1, 0.15) is 23.2 Å². The monoisotopic (exact) mass is 492 g/mol. The highest BCUT2D eigenvalue weighted by atomic mass is 35.5. The highest BCUT2D eigenvalue weighted by Crippen LogP contribution is 2.26. The van der Waals surface area contributed by atoms with E-state index in [1.54, 1.807) is 9.80 Å². The summed E-state index contributed by atoms with van der Waals surface area (Å²) in [4.78, 5) is 28.8. The molecular weight excluding hydrogens is 468 g/mol. The molecular formula is C23H25ClN2O6S. The average molecular weight is 493 g/mol. The third-order valence-corrected chi connectivity index (χ3v) is 7.30. The van der Waals surface area contributed by atoms with E-state index in [0.717, 1.165) is 12.0 Å². The first-order valence-corrected chi connectivity index (χ1v) is 12.9. The molecule has 0 aromatic heterocycles. The van der Waals surface area contributed by atoms with Gasteiger partial charge in [-0.15, -0.1) is 0 Å². The molecule has 0 bridgehead atoms. The molecule has 1 unspecified atom stereocenters. The molecule has 0 radical (unpaired) electrons. The van der Waals surface area contributed by atoms with Crippen molar-refractivity contribution in [1.29, 1.82) is 0 Å². The van der Waals surface area contributed by atoms with Crippen LogP contribution in [0.2, 0.25) is 5.02 Å². The van der Waals surface area contributed by atoms with E-state index in [-0.39, 0.29) is 46.2 Å². The van der Waals surface area contributed by atoms with Gasteiger partial charge in [0, 0.05) is 25.4 Å². The Morgan fingerprint density at radius 1 is 1.15 bits per heavy atom. The molecule has 0 saturated carbocycles. The topological polar surface area (TPSA) is 93.2 Å². The van der Waals surface area contributed by atoms with Gasteiger partial charge in [0.25, 0.3) is 5.91 Å². The van der Waals surface area contributed by atoms with E-state index < -0.39 is 9.84 Å². The van der Waals surface area contributed by atoms with Crippen LogP contribution in [0.15, 0.2) is 53.4 Å². The quantitative estimate of drug-likeness (QED) is 0.614. The molecule has 0 aliphatic carbocycles. The number of ether oxygens (including phenoxy) is 2. The summed E-state index contributed by atoms with van der Waals surface area (Å²) in [6.45, 7) is 1.65. The maximum Gasteiger partial charge on any atom is 0.410 e. The fraction of sp³-hybridized carbons (Fsp3) is 0.391. The van der Waals surface area contributed by atoms with Crippen molar-refractivity contribution in [2.75, 3.05) is 32.5 Å². The van der Waals surface area contributed by atoms with Crippen LogP contribution in [-0.4, -0.2) is 74.9 Å². The van der Waals surface area contributed by atoms with Gasteiger partial charge in [0.2, 0.25) is 0 Å². The van der Waals surface area contributed by atoms with Crippen LogP contribution in [0.25, 0.3) is 0 Å². The van der Waals surface area contributed by atoms with E-state index in [0.29, 0.717) is 32.5 Å². The number of sulfone groups is 1. The number of hydrogen-bond donors (Lipinski definition) is 0. The fourth-order valence-electron chi connectivity index (χ4n) is 4.08. The third kappa shape index (κ3) is 5.42. The van der Waals surface area contributed by atoms with E-state index >= 15 is 0 Å². The summed E-state index contributed by atoms with van der Waals surface area (Å²) in [5.41, 5.74) is 0.265. The van der Waals surface area contributed by atoms with Crippen molar-refractivity contribution in [2.45, 2.75) is 29.9 Å². The molecule has 2 amide bonds. The molecule has 10 heteroatoms. The van der Waals surface area contributed by atoms with Crippen LogP contribution in [0, 0.1) is 0 Å². The van der Waals surface area contributed by atoms with E-state index in [1.807, 2.05) is 30.3 Å². The van der Waals surface area contributed by atoms with E-state index in [4.69, 9.17) is 21.1 Å². The summed E-state index contributed by atoms with van der Waals surface area (Å²) in [5.74, 6) is 0.471. The summed E-state index contributed by atoms with van der Waals surface area (Å²) in [6.07, 6.45) is 1.62. The molecule has 1 atom stereocenters. The van der Waals surface area contributed by atoms with Gasteiger partial charge in [-0.25, -0.2) is 13.2 Å². The molecule has 0 spiro atoms. The lowest BCUT2D eigenvalue weighted by Gasteiger charge is -2.35. The zero-order valence-electron chi connectivity index (χ0n) is 18.1. The maximum absolute atomic E-state index is 12.9. The SMILES string of the molecule is CS(=O)(=O)c1ccc(C(=O)N2CCC(N3CC(COc4ccccc4)OC3=O)CC2)c(Cl)c1. The van der Waals surface area contributed by atoms with Crippen molar-refractivity contribution in [3.05, 3.63) is 59.1 Å². The molecule has 8 nitrogen and oxygen atoms in total. The van der Waals surface area contributed by atoms with Crippen molar-refractivity contribution < 1.29 is 27.5 Å². The van der Waals surface area contributed by atoms with Crippen LogP contribution < -0.4 is 4.74 Å². The Morgan fingerprint density at radius 3 is 2.48 bits per heavy atom. The third-order valence-electron chi connectivity index (χ3n) is 5.87. The molecule has 2 aliphatic heterocycles. The number of rotatable bonds is 6. The van der Waals surface area contributed by atoms with Gasteiger partial charge in [-0.1, -0.05) is 29.8 Å². The van der Waals surface area contributed by atoms with Crippen LogP contribution >= 0.6 is 11.6 Å². The van der Waals surface area contributed by atoms with Gasteiger partial charge in [-0.3, -0.25) is 4.79 Å². The maximum atomic E-state index is 12.9. The largest absolute Gasteiger partial charge is 0.490 e. The van der Waals surface area contributed by atoms with Gasteiger partial charge < -0.3 is 19.3 Å². The number of halogens is 1. The number of carbonyl (C=O) groups excluding carboxylic acids is 2. The zero-order chi connectivity index (χ0) is 23.6. The molecule has 4 rings (SSSR count). The lowest BCUT2D eigenvalue weighted by molar-refractivity contribution is 0.0658. The molecule has 2 fully saturated rings. The number of para-hydroxylation sites is 1. The number of nitrogens with zero attached hydrogens (tertiary/aromatic N) is 2. The van der Waals surface area contributed by atoms with Gasteiger partial charge in [-0.05, 0) is 43.2 Å². The average Bonchev–Trinajstić information content (AvgIpc) is 3.18.